The van der Waals surface area contributed by atoms with Crippen LogP contribution in [0.3, 0.4) is 0 Å². The summed E-state index contributed by atoms with van der Waals surface area (Å²) >= 11 is 0. The summed E-state index contributed by atoms with van der Waals surface area (Å²) in [4.78, 5) is 25.7. The molecule has 2 N–H and O–H groups in total. The van der Waals surface area contributed by atoms with E-state index in [4.69, 9.17) is 0 Å². The minimum absolute atomic E-state index is 0.0112. The van der Waals surface area contributed by atoms with Crippen molar-refractivity contribution in [2.24, 2.45) is 0 Å². The standard InChI is InChI=1S/C17H19N3O2/c1-20(2)12-16(21)13-7-6-10-15(11-13)19-17(22)18-14-8-4-3-5-9-14/h3-11H,12H2,1-2H3,(H2,18,19,22). The van der Waals surface area contributed by atoms with Crippen LogP contribution in [0.4, 0.5) is 16.2 Å². The second-order valence-electron chi connectivity index (χ2n) is 5.19. The number of nitrogens with one attached hydrogen (secondary N) is 2. The molecule has 0 aromatic heterocycles. The maximum absolute atomic E-state index is 12.0. The third-order valence-corrected chi connectivity index (χ3v) is 2.93. The molecule has 0 atom stereocenters. The fourth-order valence-corrected chi connectivity index (χ4v) is 1.96. The van der Waals surface area contributed by atoms with Gasteiger partial charge in [0.15, 0.2) is 5.78 Å². The van der Waals surface area contributed by atoms with Gasteiger partial charge in [0, 0.05) is 16.9 Å². The van der Waals surface area contributed by atoms with E-state index in [2.05, 4.69) is 10.6 Å². The second-order valence-corrected chi connectivity index (χ2v) is 5.19. The van der Waals surface area contributed by atoms with Crippen LogP contribution in [0.2, 0.25) is 0 Å². The Morgan fingerprint density at radius 2 is 1.55 bits per heavy atom. The van der Waals surface area contributed by atoms with E-state index in [0.29, 0.717) is 23.5 Å². The Kier molecular flexibility index (Phi) is 5.27. The van der Waals surface area contributed by atoms with Crippen LogP contribution in [0.15, 0.2) is 54.6 Å². The van der Waals surface area contributed by atoms with Crippen molar-refractivity contribution in [3.05, 3.63) is 60.2 Å². The third kappa shape index (κ3) is 4.71. The molecular formula is C17H19N3O2. The van der Waals surface area contributed by atoms with Crippen molar-refractivity contribution in [2.75, 3.05) is 31.3 Å². The Morgan fingerprint density at radius 3 is 2.23 bits per heavy atom. The molecule has 0 saturated heterocycles. The Labute approximate surface area is 129 Å². The number of hydrogen-bond donors (Lipinski definition) is 2. The van der Waals surface area contributed by atoms with Gasteiger partial charge in [0.1, 0.15) is 0 Å². The molecule has 0 saturated carbocycles. The van der Waals surface area contributed by atoms with Gasteiger partial charge in [0.25, 0.3) is 0 Å². The summed E-state index contributed by atoms with van der Waals surface area (Å²) in [7, 11) is 3.68. The predicted octanol–water partition coefficient (Wildman–Crippen LogP) is 3.07. The maximum atomic E-state index is 12.0. The van der Waals surface area contributed by atoms with E-state index in [0.717, 1.165) is 0 Å². The van der Waals surface area contributed by atoms with Crippen molar-refractivity contribution < 1.29 is 9.59 Å². The first-order chi connectivity index (χ1) is 10.5. The van der Waals surface area contributed by atoms with Crippen molar-refractivity contribution in [3.8, 4) is 0 Å². The fraction of sp³-hybridized carbons (Fsp3) is 0.176. The minimum atomic E-state index is -0.344. The van der Waals surface area contributed by atoms with E-state index >= 15 is 0 Å². The number of benzene rings is 2. The van der Waals surface area contributed by atoms with Gasteiger partial charge in [-0.25, -0.2) is 4.79 Å². The number of rotatable bonds is 5. The molecule has 114 valence electrons. The molecular weight excluding hydrogens is 278 g/mol. The molecule has 2 rings (SSSR count). The maximum Gasteiger partial charge on any atom is 0.323 e. The Bertz CT molecular complexity index is 654. The van der Waals surface area contributed by atoms with Crippen molar-refractivity contribution in [1.29, 1.82) is 0 Å². The molecule has 0 heterocycles. The molecule has 0 aliphatic rings. The van der Waals surface area contributed by atoms with Gasteiger partial charge in [-0.15, -0.1) is 0 Å². The zero-order valence-corrected chi connectivity index (χ0v) is 12.7. The molecule has 0 radical (unpaired) electrons. The number of nitrogens with zero attached hydrogens (tertiary/aromatic N) is 1. The summed E-state index contributed by atoms with van der Waals surface area (Å²) < 4.78 is 0. The lowest BCUT2D eigenvalue weighted by Crippen LogP contribution is -2.22. The van der Waals surface area contributed by atoms with Crippen molar-refractivity contribution in [1.82, 2.24) is 4.90 Å². The van der Waals surface area contributed by atoms with Crippen LogP contribution in [-0.4, -0.2) is 37.4 Å². The van der Waals surface area contributed by atoms with Gasteiger partial charge in [-0.05, 0) is 38.4 Å². The molecule has 2 aromatic carbocycles. The molecule has 22 heavy (non-hydrogen) atoms. The summed E-state index contributed by atoms with van der Waals surface area (Å²) in [5.74, 6) is 0.0112. The summed E-state index contributed by atoms with van der Waals surface area (Å²) in [6.07, 6.45) is 0. The third-order valence-electron chi connectivity index (χ3n) is 2.93. The molecule has 2 aromatic rings. The SMILES string of the molecule is CN(C)CC(=O)c1cccc(NC(=O)Nc2ccccc2)c1. The largest absolute Gasteiger partial charge is 0.323 e. The van der Waals surface area contributed by atoms with Gasteiger partial charge in [-0.3, -0.25) is 4.79 Å². The Morgan fingerprint density at radius 1 is 0.909 bits per heavy atom. The quantitative estimate of drug-likeness (QED) is 0.834. The van der Waals surface area contributed by atoms with E-state index in [9.17, 15) is 9.59 Å². The first-order valence-electron chi connectivity index (χ1n) is 6.95. The topological polar surface area (TPSA) is 61.4 Å². The first-order valence-corrected chi connectivity index (χ1v) is 6.95. The highest BCUT2D eigenvalue weighted by atomic mass is 16.2. The van der Waals surface area contributed by atoms with E-state index in [1.165, 1.54) is 0 Å². The molecule has 0 bridgehead atoms. The van der Waals surface area contributed by atoms with E-state index in [1.807, 2.05) is 37.2 Å². The van der Waals surface area contributed by atoms with Gasteiger partial charge < -0.3 is 15.5 Å². The van der Waals surface area contributed by atoms with Gasteiger partial charge in [0.05, 0.1) is 6.54 Å². The Balaban J connectivity index is 2.01. The summed E-state index contributed by atoms with van der Waals surface area (Å²) in [6.45, 7) is 0.333. The lowest BCUT2D eigenvalue weighted by Gasteiger charge is -2.10. The van der Waals surface area contributed by atoms with Crippen LogP contribution in [0.25, 0.3) is 0 Å². The van der Waals surface area contributed by atoms with Crippen molar-refractivity contribution in [3.63, 3.8) is 0 Å². The number of ketones is 1. The Hall–Kier alpha value is -2.66. The lowest BCUT2D eigenvalue weighted by atomic mass is 10.1. The molecule has 5 heteroatoms. The number of anilines is 2. The highest BCUT2D eigenvalue weighted by molar-refractivity contribution is 6.02. The van der Waals surface area contributed by atoms with Crippen LogP contribution < -0.4 is 10.6 Å². The van der Waals surface area contributed by atoms with Gasteiger partial charge in [0.2, 0.25) is 0 Å². The summed E-state index contributed by atoms with van der Waals surface area (Å²) in [6, 6.07) is 15.7. The highest BCUT2D eigenvalue weighted by Crippen LogP contribution is 2.13. The molecule has 0 spiro atoms. The van der Waals surface area contributed by atoms with Crippen LogP contribution in [-0.2, 0) is 0 Å². The number of amides is 2. The summed E-state index contributed by atoms with van der Waals surface area (Å²) in [5.41, 5.74) is 1.86. The average molecular weight is 297 g/mol. The molecule has 2 amide bonds. The number of carbonyl (C=O) groups excluding carboxylic acids is 2. The predicted molar refractivity (Wildman–Crippen MR) is 88.4 cm³/mol. The summed E-state index contributed by atoms with van der Waals surface area (Å²) in [5, 5.41) is 5.45. The van der Waals surface area contributed by atoms with E-state index < -0.39 is 0 Å². The molecule has 0 unspecified atom stereocenters. The first kappa shape index (κ1) is 15.7. The van der Waals surface area contributed by atoms with E-state index in [-0.39, 0.29) is 11.8 Å². The smallest absolute Gasteiger partial charge is 0.308 e. The average Bonchev–Trinajstić information content (AvgIpc) is 2.47. The van der Waals surface area contributed by atoms with Gasteiger partial charge in [-0.2, -0.15) is 0 Å². The number of para-hydroxylation sites is 1. The van der Waals surface area contributed by atoms with E-state index in [1.54, 1.807) is 36.4 Å². The van der Waals surface area contributed by atoms with Crippen molar-refractivity contribution in [2.45, 2.75) is 0 Å². The number of Topliss-reactive ketones (excluding diaryl/α,β-unsaturated/α-hetero) is 1. The second kappa shape index (κ2) is 7.38. The van der Waals surface area contributed by atoms with Crippen LogP contribution in [0.5, 0.6) is 0 Å². The van der Waals surface area contributed by atoms with Crippen molar-refractivity contribution >= 4 is 23.2 Å². The number of urea groups is 1. The number of carbonyl (C=O) groups is 2. The van der Waals surface area contributed by atoms with Crippen LogP contribution >= 0.6 is 0 Å². The normalized spacial score (nSPS) is 10.3. The number of hydrogen-bond acceptors (Lipinski definition) is 3. The van der Waals surface area contributed by atoms with Gasteiger partial charge in [-0.1, -0.05) is 30.3 Å². The molecule has 5 nitrogen and oxygen atoms in total. The molecule has 0 aliphatic carbocycles. The monoisotopic (exact) mass is 297 g/mol. The highest BCUT2D eigenvalue weighted by Gasteiger charge is 2.09. The molecule has 0 aliphatic heterocycles. The zero-order chi connectivity index (χ0) is 15.9. The van der Waals surface area contributed by atoms with Crippen LogP contribution in [0, 0.1) is 0 Å². The fourth-order valence-electron chi connectivity index (χ4n) is 1.96. The van der Waals surface area contributed by atoms with Crippen LogP contribution in [0.1, 0.15) is 10.4 Å². The van der Waals surface area contributed by atoms with Gasteiger partial charge >= 0.3 is 6.03 Å². The zero-order valence-electron chi connectivity index (χ0n) is 12.7. The molecule has 0 fully saturated rings. The minimum Gasteiger partial charge on any atom is -0.308 e. The lowest BCUT2D eigenvalue weighted by molar-refractivity contribution is 0.0958. The number of likely N-dealkylation sites (N-methyl/N-ethyl adjacent to an activating group) is 1.